The standard InChI is InChI=1S/C14H20FNO3/c1-14(6-7-18-10-14)16-8-11(17)9-19-13-5-3-2-4-12(13)15/h2-5,11,16-17H,6-10H2,1H3. The first-order chi connectivity index (χ1) is 9.09. The molecule has 2 rings (SSSR count). The molecule has 0 bridgehead atoms. The third-order valence-electron chi connectivity index (χ3n) is 3.25. The molecule has 1 aromatic carbocycles. The zero-order chi connectivity index (χ0) is 13.7. The number of ether oxygens (including phenoxy) is 2. The van der Waals surface area contributed by atoms with Crippen molar-refractivity contribution >= 4 is 0 Å². The van der Waals surface area contributed by atoms with Gasteiger partial charge in [-0.05, 0) is 25.5 Å². The van der Waals surface area contributed by atoms with Crippen LogP contribution in [-0.2, 0) is 4.74 Å². The van der Waals surface area contributed by atoms with Crippen molar-refractivity contribution in [3.8, 4) is 5.75 Å². The minimum Gasteiger partial charge on any atom is -0.488 e. The van der Waals surface area contributed by atoms with Crippen molar-refractivity contribution in [3.63, 3.8) is 0 Å². The van der Waals surface area contributed by atoms with E-state index >= 15 is 0 Å². The second-order valence-electron chi connectivity index (χ2n) is 5.14. The smallest absolute Gasteiger partial charge is 0.165 e. The van der Waals surface area contributed by atoms with Gasteiger partial charge in [0, 0.05) is 18.7 Å². The van der Waals surface area contributed by atoms with Gasteiger partial charge in [-0.1, -0.05) is 12.1 Å². The lowest BCUT2D eigenvalue weighted by atomic mass is 10.0. The van der Waals surface area contributed by atoms with E-state index in [-0.39, 0.29) is 17.9 Å². The van der Waals surface area contributed by atoms with Crippen LogP contribution in [0.25, 0.3) is 0 Å². The van der Waals surface area contributed by atoms with Crippen molar-refractivity contribution in [2.24, 2.45) is 0 Å². The number of rotatable bonds is 6. The minimum absolute atomic E-state index is 0.0604. The molecule has 1 fully saturated rings. The lowest BCUT2D eigenvalue weighted by molar-refractivity contribution is 0.0926. The number of para-hydroxylation sites is 1. The molecule has 2 atom stereocenters. The van der Waals surface area contributed by atoms with Crippen LogP contribution >= 0.6 is 0 Å². The Morgan fingerprint density at radius 2 is 2.32 bits per heavy atom. The van der Waals surface area contributed by atoms with Gasteiger partial charge in [-0.3, -0.25) is 0 Å². The third kappa shape index (κ3) is 4.16. The molecule has 1 saturated heterocycles. The second kappa shape index (κ2) is 6.32. The molecule has 106 valence electrons. The summed E-state index contributed by atoms with van der Waals surface area (Å²) >= 11 is 0. The second-order valence-corrected chi connectivity index (χ2v) is 5.14. The Hall–Kier alpha value is -1.17. The van der Waals surface area contributed by atoms with Gasteiger partial charge >= 0.3 is 0 Å². The maximum absolute atomic E-state index is 13.3. The zero-order valence-corrected chi connectivity index (χ0v) is 11.1. The molecule has 0 spiro atoms. The molecular formula is C14H20FNO3. The maximum Gasteiger partial charge on any atom is 0.165 e. The lowest BCUT2D eigenvalue weighted by Gasteiger charge is -2.25. The molecule has 1 heterocycles. The highest BCUT2D eigenvalue weighted by atomic mass is 19.1. The van der Waals surface area contributed by atoms with Crippen LogP contribution in [0.1, 0.15) is 13.3 Å². The highest BCUT2D eigenvalue weighted by molar-refractivity contribution is 5.23. The van der Waals surface area contributed by atoms with Crippen LogP contribution < -0.4 is 10.1 Å². The number of benzene rings is 1. The molecule has 0 aliphatic carbocycles. The summed E-state index contributed by atoms with van der Waals surface area (Å²) in [6.07, 6.45) is 0.241. The molecule has 0 radical (unpaired) electrons. The summed E-state index contributed by atoms with van der Waals surface area (Å²) in [5, 5.41) is 13.1. The van der Waals surface area contributed by atoms with Crippen LogP contribution in [0, 0.1) is 5.82 Å². The molecule has 5 heteroatoms. The molecular weight excluding hydrogens is 249 g/mol. The van der Waals surface area contributed by atoms with Crippen molar-refractivity contribution < 1.29 is 19.0 Å². The van der Waals surface area contributed by atoms with Crippen LogP contribution in [0.3, 0.4) is 0 Å². The van der Waals surface area contributed by atoms with Gasteiger partial charge in [0.1, 0.15) is 12.7 Å². The van der Waals surface area contributed by atoms with Crippen molar-refractivity contribution in [1.29, 1.82) is 0 Å². The first kappa shape index (κ1) is 14.2. The Morgan fingerprint density at radius 3 is 3.00 bits per heavy atom. The fourth-order valence-electron chi connectivity index (χ4n) is 1.98. The molecule has 19 heavy (non-hydrogen) atoms. The van der Waals surface area contributed by atoms with E-state index in [1.54, 1.807) is 18.2 Å². The quantitative estimate of drug-likeness (QED) is 0.818. The fourth-order valence-corrected chi connectivity index (χ4v) is 1.98. The minimum atomic E-state index is -0.683. The molecule has 0 saturated carbocycles. The Morgan fingerprint density at radius 1 is 1.53 bits per heavy atom. The first-order valence-electron chi connectivity index (χ1n) is 6.47. The molecule has 0 aromatic heterocycles. The van der Waals surface area contributed by atoms with Crippen LogP contribution in [-0.4, -0.2) is 43.1 Å². The number of hydrogen-bond acceptors (Lipinski definition) is 4. The zero-order valence-electron chi connectivity index (χ0n) is 11.1. The van der Waals surface area contributed by atoms with Crippen LogP contribution in [0.5, 0.6) is 5.75 Å². The summed E-state index contributed by atoms with van der Waals surface area (Å²) in [5.41, 5.74) is -0.0843. The number of β-amino-alcohol motifs (C(OH)–C–C–N with tert-alkyl or cyclic N) is 1. The van der Waals surface area contributed by atoms with Gasteiger partial charge in [-0.25, -0.2) is 4.39 Å². The highest BCUT2D eigenvalue weighted by Gasteiger charge is 2.29. The van der Waals surface area contributed by atoms with E-state index in [2.05, 4.69) is 12.2 Å². The molecule has 2 unspecified atom stereocenters. The molecule has 4 nitrogen and oxygen atoms in total. The van der Waals surface area contributed by atoms with E-state index in [0.717, 1.165) is 13.0 Å². The van der Waals surface area contributed by atoms with Crippen molar-refractivity contribution in [2.75, 3.05) is 26.4 Å². The van der Waals surface area contributed by atoms with Crippen molar-refractivity contribution in [2.45, 2.75) is 25.0 Å². The summed E-state index contributed by atoms with van der Waals surface area (Å²) in [4.78, 5) is 0. The maximum atomic E-state index is 13.3. The van der Waals surface area contributed by atoms with Gasteiger partial charge in [0.2, 0.25) is 0 Å². The van der Waals surface area contributed by atoms with Gasteiger partial charge in [0.05, 0.1) is 6.61 Å². The molecule has 2 N–H and O–H groups in total. The Kier molecular flexibility index (Phi) is 4.74. The van der Waals surface area contributed by atoms with Gasteiger partial charge in [-0.2, -0.15) is 0 Å². The Labute approximate surface area is 112 Å². The van der Waals surface area contributed by atoms with Gasteiger partial charge in [0.15, 0.2) is 11.6 Å². The fraction of sp³-hybridized carbons (Fsp3) is 0.571. The van der Waals surface area contributed by atoms with E-state index in [1.165, 1.54) is 6.07 Å². The predicted molar refractivity (Wildman–Crippen MR) is 69.7 cm³/mol. The average Bonchev–Trinajstić information content (AvgIpc) is 2.83. The Bertz CT molecular complexity index is 407. The summed E-state index contributed by atoms with van der Waals surface area (Å²) < 4.78 is 23.9. The third-order valence-corrected chi connectivity index (χ3v) is 3.25. The van der Waals surface area contributed by atoms with Gasteiger partial charge < -0.3 is 19.9 Å². The monoisotopic (exact) mass is 269 g/mol. The highest BCUT2D eigenvalue weighted by Crippen LogP contribution is 2.18. The molecule has 1 aliphatic heterocycles. The molecule has 1 aliphatic rings. The van der Waals surface area contributed by atoms with Gasteiger partial charge in [-0.15, -0.1) is 0 Å². The molecule has 1 aromatic rings. The van der Waals surface area contributed by atoms with E-state index in [1.807, 2.05) is 0 Å². The number of nitrogens with one attached hydrogen (secondary N) is 1. The van der Waals surface area contributed by atoms with Crippen LogP contribution in [0.2, 0.25) is 0 Å². The summed E-state index contributed by atoms with van der Waals surface area (Å²) in [6.45, 7) is 3.91. The van der Waals surface area contributed by atoms with E-state index < -0.39 is 11.9 Å². The van der Waals surface area contributed by atoms with Crippen molar-refractivity contribution in [1.82, 2.24) is 5.32 Å². The first-order valence-corrected chi connectivity index (χ1v) is 6.47. The number of hydrogen-bond donors (Lipinski definition) is 2. The van der Waals surface area contributed by atoms with Crippen LogP contribution in [0.15, 0.2) is 24.3 Å². The molecule has 0 amide bonds. The van der Waals surface area contributed by atoms with E-state index in [4.69, 9.17) is 9.47 Å². The number of aliphatic hydroxyl groups is 1. The summed E-state index contributed by atoms with van der Waals surface area (Å²) in [7, 11) is 0. The summed E-state index contributed by atoms with van der Waals surface area (Å²) in [6, 6.07) is 6.17. The normalized spacial score (nSPS) is 24.4. The number of halogens is 1. The topological polar surface area (TPSA) is 50.7 Å². The largest absolute Gasteiger partial charge is 0.488 e. The van der Waals surface area contributed by atoms with Crippen LogP contribution in [0.4, 0.5) is 4.39 Å². The number of aliphatic hydroxyl groups excluding tert-OH is 1. The SMILES string of the molecule is CC1(NCC(O)COc2ccccc2F)CCOC1. The van der Waals surface area contributed by atoms with E-state index in [9.17, 15) is 9.50 Å². The predicted octanol–water partition coefficient (Wildman–Crippen LogP) is 1.33. The van der Waals surface area contributed by atoms with Crippen molar-refractivity contribution in [3.05, 3.63) is 30.1 Å². The lowest BCUT2D eigenvalue weighted by Crippen LogP contribution is -2.47. The average molecular weight is 269 g/mol. The Balaban J connectivity index is 1.73. The van der Waals surface area contributed by atoms with Gasteiger partial charge in [0.25, 0.3) is 0 Å². The summed E-state index contributed by atoms with van der Waals surface area (Å²) in [5.74, 6) is -0.254. The van der Waals surface area contributed by atoms with E-state index in [0.29, 0.717) is 13.2 Å².